The van der Waals surface area contributed by atoms with Crippen molar-refractivity contribution in [2.75, 3.05) is 30.3 Å². The van der Waals surface area contributed by atoms with Crippen molar-refractivity contribution in [3.63, 3.8) is 0 Å². The van der Waals surface area contributed by atoms with Crippen molar-refractivity contribution in [3.05, 3.63) is 76.7 Å². The molecule has 168 valence electrons. The molecule has 0 amide bonds. The Morgan fingerprint density at radius 2 is 1.97 bits per heavy atom. The van der Waals surface area contributed by atoms with Gasteiger partial charge in [-0.15, -0.1) is 0 Å². The molecule has 3 N–H and O–H groups in total. The number of anilines is 2. The predicted octanol–water partition coefficient (Wildman–Crippen LogP) is 4.74. The molecule has 0 saturated heterocycles. The Morgan fingerprint density at radius 3 is 2.64 bits per heavy atom. The van der Waals surface area contributed by atoms with Crippen molar-refractivity contribution in [2.24, 2.45) is 4.99 Å². The van der Waals surface area contributed by atoms with Crippen LogP contribution in [0.1, 0.15) is 18.1 Å². The van der Waals surface area contributed by atoms with Gasteiger partial charge in [0.25, 0.3) is 0 Å². The van der Waals surface area contributed by atoms with Gasteiger partial charge in [-0.05, 0) is 43.5 Å². The van der Waals surface area contributed by atoms with Crippen molar-refractivity contribution in [1.29, 1.82) is 5.26 Å². The molecule has 33 heavy (non-hydrogen) atoms. The molecule has 2 heterocycles. The second-order valence-corrected chi connectivity index (χ2v) is 7.49. The predicted molar refractivity (Wildman–Crippen MR) is 134 cm³/mol. The fourth-order valence-electron chi connectivity index (χ4n) is 2.92. The topological polar surface area (TPSA) is 111 Å². The zero-order valence-corrected chi connectivity index (χ0v) is 19.5. The first kappa shape index (κ1) is 24.0. The molecule has 0 unspecified atom stereocenters. The Balaban J connectivity index is 1.82. The average molecular weight is 481 g/mol. The van der Waals surface area contributed by atoms with Gasteiger partial charge in [0.1, 0.15) is 17.7 Å². The van der Waals surface area contributed by atoms with E-state index in [9.17, 15) is 0 Å². The van der Waals surface area contributed by atoms with E-state index in [2.05, 4.69) is 37.5 Å². The third kappa shape index (κ3) is 6.42. The number of nitrogens with zero attached hydrogens (tertiary/aromatic N) is 5. The molecule has 0 atom stereocenters. The molecule has 3 rings (SSSR count). The number of aromatic nitrogens is 3. The minimum Gasteiger partial charge on any atom is -0.368 e. The van der Waals surface area contributed by atoms with Gasteiger partial charge in [0.15, 0.2) is 0 Å². The van der Waals surface area contributed by atoms with Crippen molar-refractivity contribution >= 4 is 40.8 Å². The standard InChI is InChI=1S/C23H22Cl2N8/c1-3-27-22(28-4-2)18-14-32-23(33-21(18)17-7-6-16(24)11-19(17)25)30-10-9-29-20-8-5-15(12-26)13-31-20/h3,5-8,11,13-14H,1,4,9-10H2,2H3,(H,27,28)(H,29,31)(H,30,32,33). The molecular formula is C23H22Cl2N8. The Hall–Kier alpha value is -3.67. The Labute approximate surface area is 202 Å². The summed E-state index contributed by atoms with van der Waals surface area (Å²) in [5, 5.41) is 19.3. The lowest BCUT2D eigenvalue weighted by atomic mass is 10.1. The maximum atomic E-state index is 8.85. The SMILES string of the molecule is C=CN/C(=N\CC)c1cnc(NCCNc2ccc(C#N)cn2)nc1-c1ccc(Cl)cc1Cl. The lowest BCUT2D eigenvalue weighted by Crippen LogP contribution is -2.22. The molecule has 0 fully saturated rings. The zero-order valence-electron chi connectivity index (χ0n) is 17.9. The number of amidine groups is 1. The quantitative estimate of drug-likeness (QED) is 0.230. The van der Waals surface area contributed by atoms with Crippen molar-refractivity contribution in [3.8, 4) is 17.3 Å². The summed E-state index contributed by atoms with van der Waals surface area (Å²) >= 11 is 12.6. The van der Waals surface area contributed by atoms with Crippen molar-refractivity contribution in [1.82, 2.24) is 20.3 Å². The monoisotopic (exact) mass is 480 g/mol. The Bertz CT molecular complexity index is 1190. The molecule has 8 nitrogen and oxygen atoms in total. The summed E-state index contributed by atoms with van der Waals surface area (Å²) in [6.45, 7) is 7.34. The number of rotatable bonds is 9. The van der Waals surface area contributed by atoms with E-state index in [0.717, 1.165) is 0 Å². The van der Waals surface area contributed by atoms with E-state index in [-0.39, 0.29) is 0 Å². The van der Waals surface area contributed by atoms with Gasteiger partial charge in [-0.2, -0.15) is 5.26 Å². The van der Waals surface area contributed by atoms with Gasteiger partial charge in [0.2, 0.25) is 5.95 Å². The number of aliphatic imine (C=N–C) groups is 1. The summed E-state index contributed by atoms with van der Waals surface area (Å²) in [5.74, 6) is 1.70. The summed E-state index contributed by atoms with van der Waals surface area (Å²) in [7, 11) is 0. The molecule has 0 spiro atoms. The van der Waals surface area contributed by atoms with Gasteiger partial charge in [0, 0.05) is 42.6 Å². The van der Waals surface area contributed by atoms with Crippen LogP contribution in [0, 0.1) is 11.3 Å². The molecule has 0 saturated carbocycles. The maximum absolute atomic E-state index is 8.85. The number of hydrogen-bond donors (Lipinski definition) is 3. The summed E-state index contributed by atoms with van der Waals surface area (Å²) in [6.07, 6.45) is 4.76. The lowest BCUT2D eigenvalue weighted by molar-refractivity contribution is 1.01. The maximum Gasteiger partial charge on any atom is 0.223 e. The van der Waals surface area contributed by atoms with E-state index in [4.69, 9.17) is 33.4 Å². The van der Waals surface area contributed by atoms with Gasteiger partial charge in [-0.25, -0.2) is 15.0 Å². The molecule has 0 aliphatic carbocycles. The van der Waals surface area contributed by atoms with Crippen LogP contribution in [-0.2, 0) is 0 Å². The van der Waals surface area contributed by atoms with Gasteiger partial charge in [0.05, 0.1) is 21.8 Å². The fourth-order valence-corrected chi connectivity index (χ4v) is 3.42. The summed E-state index contributed by atoms with van der Waals surface area (Å²) in [4.78, 5) is 17.8. The molecule has 3 aromatic rings. The normalized spacial score (nSPS) is 10.9. The highest BCUT2D eigenvalue weighted by molar-refractivity contribution is 6.36. The smallest absolute Gasteiger partial charge is 0.223 e. The molecule has 0 aliphatic rings. The molecule has 10 heteroatoms. The fraction of sp³-hybridized carbons (Fsp3) is 0.174. The van der Waals surface area contributed by atoms with E-state index < -0.39 is 0 Å². The zero-order chi connectivity index (χ0) is 23.6. The Kier molecular flexibility index (Phi) is 8.58. The van der Waals surface area contributed by atoms with E-state index in [0.29, 0.717) is 69.7 Å². The number of nitriles is 1. The molecule has 0 bridgehead atoms. The second-order valence-electron chi connectivity index (χ2n) is 6.65. The molecule has 1 aromatic carbocycles. The summed E-state index contributed by atoms with van der Waals surface area (Å²) in [5.41, 5.74) is 2.51. The number of hydrogen-bond acceptors (Lipinski definition) is 7. The van der Waals surface area contributed by atoms with Crippen LogP contribution in [0.25, 0.3) is 11.3 Å². The first-order valence-corrected chi connectivity index (χ1v) is 10.9. The van der Waals surface area contributed by atoms with E-state index in [1.807, 2.05) is 19.1 Å². The highest BCUT2D eigenvalue weighted by Crippen LogP contribution is 2.31. The van der Waals surface area contributed by atoms with Crippen LogP contribution >= 0.6 is 23.2 Å². The molecule has 2 aromatic heterocycles. The first-order chi connectivity index (χ1) is 16.0. The van der Waals surface area contributed by atoms with Gasteiger partial charge >= 0.3 is 0 Å². The van der Waals surface area contributed by atoms with Gasteiger partial charge in [-0.3, -0.25) is 4.99 Å². The van der Waals surface area contributed by atoms with Crippen molar-refractivity contribution in [2.45, 2.75) is 6.92 Å². The third-order valence-electron chi connectivity index (χ3n) is 4.39. The second kappa shape index (κ2) is 11.8. The molecule has 0 aliphatic heterocycles. The van der Waals surface area contributed by atoms with Crippen LogP contribution < -0.4 is 16.0 Å². The number of pyridine rings is 1. The Morgan fingerprint density at radius 1 is 1.15 bits per heavy atom. The highest BCUT2D eigenvalue weighted by Gasteiger charge is 2.17. The minimum atomic E-state index is 0.434. The van der Waals surface area contributed by atoms with Crippen LogP contribution in [-0.4, -0.2) is 40.4 Å². The summed E-state index contributed by atoms with van der Waals surface area (Å²) in [6, 6.07) is 10.7. The van der Waals surface area contributed by atoms with E-state index >= 15 is 0 Å². The number of halogens is 2. The van der Waals surface area contributed by atoms with E-state index in [1.165, 1.54) is 6.20 Å². The molecule has 0 radical (unpaired) electrons. The van der Waals surface area contributed by atoms with Gasteiger partial charge < -0.3 is 16.0 Å². The van der Waals surface area contributed by atoms with Crippen LogP contribution in [0.15, 0.2) is 60.5 Å². The lowest BCUT2D eigenvalue weighted by Gasteiger charge is -2.14. The molecular weight excluding hydrogens is 459 g/mol. The number of benzene rings is 1. The van der Waals surface area contributed by atoms with Crippen LogP contribution in [0.2, 0.25) is 10.0 Å². The van der Waals surface area contributed by atoms with Crippen LogP contribution in [0.3, 0.4) is 0 Å². The van der Waals surface area contributed by atoms with Gasteiger partial charge in [-0.1, -0.05) is 29.8 Å². The highest BCUT2D eigenvalue weighted by atomic mass is 35.5. The number of nitrogens with one attached hydrogen (secondary N) is 3. The third-order valence-corrected chi connectivity index (χ3v) is 4.94. The first-order valence-electron chi connectivity index (χ1n) is 10.1. The minimum absolute atomic E-state index is 0.434. The van der Waals surface area contributed by atoms with Crippen LogP contribution in [0.4, 0.5) is 11.8 Å². The average Bonchev–Trinajstić information content (AvgIpc) is 2.82. The van der Waals surface area contributed by atoms with Crippen LogP contribution in [0.5, 0.6) is 0 Å². The van der Waals surface area contributed by atoms with E-state index in [1.54, 1.807) is 36.7 Å². The van der Waals surface area contributed by atoms with Crippen molar-refractivity contribution < 1.29 is 0 Å². The largest absolute Gasteiger partial charge is 0.368 e. The summed E-state index contributed by atoms with van der Waals surface area (Å²) < 4.78 is 0.